The summed E-state index contributed by atoms with van der Waals surface area (Å²) in [4.78, 5) is 11.2. The molecule has 1 rings (SSSR count). The molecule has 0 saturated carbocycles. The second-order valence-corrected chi connectivity index (χ2v) is 9.96. The third-order valence-corrected chi connectivity index (χ3v) is 4.87. The standard InChI is InChI=1S/C9H18O2Si/c1-5-6-7-8(9(10)11-7)12(2,3)4/h7-8H,5-6H2,1-4H3/t7-,8-/m0/s1. The third kappa shape index (κ3) is 1.71. The van der Waals surface area contributed by atoms with Crippen LogP contribution in [0.4, 0.5) is 0 Å². The van der Waals surface area contributed by atoms with Crippen LogP contribution in [-0.2, 0) is 9.53 Å². The van der Waals surface area contributed by atoms with Crippen molar-refractivity contribution in [2.45, 2.75) is 51.1 Å². The molecule has 0 unspecified atom stereocenters. The van der Waals surface area contributed by atoms with Crippen molar-refractivity contribution in [2.24, 2.45) is 0 Å². The van der Waals surface area contributed by atoms with Gasteiger partial charge in [-0.15, -0.1) is 0 Å². The van der Waals surface area contributed by atoms with Crippen LogP contribution in [0.25, 0.3) is 0 Å². The first kappa shape index (κ1) is 9.77. The zero-order valence-electron chi connectivity index (χ0n) is 8.39. The lowest BCUT2D eigenvalue weighted by Gasteiger charge is -2.41. The number of ether oxygens (including phenoxy) is 1. The van der Waals surface area contributed by atoms with Crippen molar-refractivity contribution in [3.63, 3.8) is 0 Å². The molecule has 70 valence electrons. The Balaban J connectivity index is 2.56. The average molecular weight is 186 g/mol. The van der Waals surface area contributed by atoms with Gasteiger partial charge >= 0.3 is 5.97 Å². The number of cyclic esters (lactones) is 1. The van der Waals surface area contributed by atoms with Crippen molar-refractivity contribution in [2.75, 3.05) is 0 Å². The molecule has 1 fully saturated rings. The van der Waals surface area contributed by atoms with Gasteiger partial charge in [0.05, 0.1) is 13.6 Å². The van der Waals surface area contributed by atoms with Crippen molar-refractivity contribution in [1.29, 1.82) is 0 Å². The maximum absolute atomic E-state index is 11.2. The molecule has 0 spiro atoms. The van der Waals surface area contributed by atoms with E-state index in [0.717, 1.165) is 12.8 Å². The van der Waals surface area contributed by atoms with Gasteiger partial charge in [0, 0.05) is 0 Å². The van der Waals surface area contributed by atoms with Crippen molar-refractivity contribution >= 4 is 14.0 Å². The minimum Gasteiger partial charge on any atom is -0.462 e. The molecular formula is C9H18O2Si. The summed E-state index contributed by atoms with van der Waals surface area (Å²) in [5, 5.41) is 0. The van der Waals surface area contributed by atoms with Crippen LogP contribution in [0.5, 0.6) is 0 Å². The Morgan fingerprint density at radius 1 is 1.42 bits per heavy atom. The number of hydrogen-bond donors (Lipinski definition) is 0. The van der Waals surface area contributed by atoms with Gasteiger partial charge in [0.15, 0.2) is 0 Å². The van der Waals surface area contributed by atoms with Crippen LogP contribution >= 0.6 is 0 Å². The smallest absolute Gasteiger partial charge is 0.310 e. The monoisotopic (exact) mass is 186 g/mol. The van der Waals surface area contributed by atoms with E-state index in [9.17, 15) is 4.79 Å². The van der Waals surface area contributed by atoms with Crippen molar-refractivity contribution in [3.05, 3.63) is 0 Å². The SMILES string of the molecule is CCC[C@@H]1OC(=O)[C@H]1[Si](C)(C)C. The van der Waals surface area contributed by atoms with E-state index in [-0.39, 0.29) is 17.6 Å². The van der Waals surface area contributed by atoms with Gasteiger partial charge in [0.2, 0.25) is 0 Å². The topological polar surface area (TPSA) is 26.3 Å². The second-order valence-electron chi connectivity index (χ2n) is 4.61. The Morgan fingerprint density at radius 2 is 2.00 bits per heavy atom. The van der Waals surface area contributed by atoms with Crippen LogP contribution in [0.2, 0.25) is 25.2 Å². The molecule has 2 nitrogen and oxygen atoms in total. The molecule has 1 heterocycles. The molecule has 0 radical (unpaired) electrons. The van der Waals surface area contributed by atoms with Crippen molar-refractivity contribution in [1.82, 2.24) is 0 Å². The summed E-state index contributed by atoms with van der Waals surface area (Å²) in [6.07, 6.45) is 2.40. The zero-order valence-corrected chi connectivity index (χ0v) is 9.39. The number of rotatable bonds is 3. The minimum absolute atomic E-state index is 0.0487. The summed E-state index contributed by atoms with van der Waals surface area (Å²) in [7, 11) is -1.31. The average Bonchev–Trinajstić information content (AvgIpc) is 1.82. The maximum atomic E-state index is 11.2. The van der Waals surface area contributed by atoms with E-state index >= 15 is 0 Å². The Hall–Kier alpha value is -0.313. The van der Waals surface area contributed by atoms with E-state index < -0.39 is 8.07 Å². The summed E-state index contributed by atoms with van der Waals surface area (Å²) >= 11 is 0. The zero-order chi connectivity index (χ0) is 9.35. The highest BCUT2D eigenvalue weighted by atomic mass is 28.3. The minimum atomic E-state index is -1.31. The van der Waals surface area contributed by atoms with Gasteiger partial charge in [-0.3, -0.25) is 4.79 Å². The first-order chi connectivity index (χ1) is 5.46. The number of hydrogen-bond acceptors (Lipinski definition) is 2. The lowest BCUT2D eigenvalue weighted by atomic mass is 10.1. The van der Waals surface area contributed by atoms with E-state index in [1.807, 2.05) is 0 Å². The molecule has 1 saturated heterocycles. The quantitative estimate of drug-likeness (QED) is 0.500. The molecule has 0 aromatic rings. The van der Waals surface area contributed by atoms with Gasteiger partial charge in [-0.25, -0.2) is 0 Å². The third-order valence-electron chi connectivity index (χ3n) is 2.40. The molecule has 0 aromatic carbocycles. The molecule has 12 heavy (non-hydrogen) atoms. The van der Waals surface area contributed by atoms with Crippen LogP contribution in [0, 0.1) is 0 Å². The molecule has 0 N–H and O–H groups in total. The second kappa shape index (κ2) is 3.21. The first-order valence-electron chi connectivity index (χ1n) is 4.67. The van der Waals surface area contributed by atoms with Crippen LogP contribution in [0.15, 0.2) is 0 Å². The van der Waals surface area contributed by atoms with Crippen LogP contribution in [0.1, 0.15) is 19.8 Å². The summed E-state index contributed by atoms with van der Waals surface area (Å²) in [6, 6.07) is 0. The molecule has 2 atom stereocenters. The lowest BCUT2D eigenvalue weighted by Crippen LogP contribution is -2.52. The van der Waals surface area contributed by atoms with E-state index in [4.69, 9.17) is 4.74 Å². The van der Waals surface area contributed by atoms with E-state index in [1.165, 1.54) is 0 Å². The summed E-state index contributed by atoms with van der Waals surface area (Å²) in [6.45, 7) is 8.84. The molecule has 0 amide bonds. The molecular weight excluding hydrogens is 168 g/mol. The Morgan fingerprint density at radius 3 is 2.33 bits per heavy atom. The lowest BCUT2D eigenvalue weighted by molar-refractivity contribution is -0.170. The van der Waals surface area contributed by atoms with E-state index in [1.54, 1.807) is 0 Å². The van der Waals surface area contributed by atoms with Gasteiger partial charge in [-0.05, 0) is 6.42 Å². The number of carbonyl (C=O) groups is 1. The largest absolute Gasteiger partial charge is 0.462 e. The van der Waals surface area contributed by atoms with E-state index in [0.29, 0.717) is 0 Å². The maximum Gasteiger partial charge on any atom is 0.310 e. The highest BCUT2D eigenvalue weighted by molar-refractivity contribution is 6.81. The fourth-order valence-electron chi connectivity index (χ4n) is 1.79. The molecule has 0 aliphatic carbocycles. The molecule has 0 aromatic heterocycles. The Labute approximate surface area is 75.3 Å². The molecule has 1 aliphatic heterocycles. The van der Waals surface area contributed by atoms with Crippen molar-refractivity contribution < 1.29 is 9.53 Å². The number of carbonyl (C=O) groups excluding carboxylic acids is 1. The Bertz CT molecular complexity index is 183. The van der Waals surface area contributed by atoms with Gasteiger partial charge in [-0.1, -0.05) is 33.0 Å². The van der Waals surface area contributed by atoms with Gasteiger partial charge in [-0.2, -0.15) is 0 Å². The molecule has 0 bridgehead atoms. The van der Waals surface area contributed by atoms with Crippen LogP contribution in [-0.4, -0.2) is 20.1 Å². The van der Waals surface area contributed by atoms with Crippen molar-refractivity contribution in [3.8, 4) is 0 Å². The summed E-state index contributed by atoms with van der Waals surface area (Å²) in [5.74, 6) is 0.0487. The normalized spacial score (nSPS) is 29.5. The van der Waals surface area contributed by atoms with E-state index in [2.05, 4.69) is 26.6 Å². The fourth-order valence-corrected chi connectivity index (χ4v) is 3.92. The summed E-state index contributed by atoms with van der Waals surface area (Å²) in [5.41, 5.74) is 0.262. The summed E-state index contributed by atoms with van der Waals surface area (Å²) < 4.78 is 5.11. The molecule has 1 aliphatic rings. The van der Waals surface area contributed by atoms with Crippen LogP contribution < -0.4 is 0 Å². The first-order valence-corrected chi connectivity index (χ1v) is 8.25. The van der Waals surface area contributed by atoms with Gasteiger partial charge in [0.25, 0.3) is 0 Å². The van der Waals surface area contributed by atoms with Gasteiger partial charge < -0.3 is 4.74 Å². The molecule has 3 heteroatoms. The van der Waals surface area contributed by atoms with Gasteiger partial charge in [0.1, 0.15) is 6.10 Å². The predicted octanol–water partition coefficient (Wildman–Crippen LogP) is 2.42. The highest BCUT2D eigenvalue weighted by Gasteiger charge is 2.49. The van der Waals surface area contributed by atoms with Crippen LogP contribution in [0.3, 0.4) is 0 Å². The predicted molar refractivity (Wildman–Crippen MR) is 51.9 cm³/mol. The number of esters is 1. The highest BCUT2D eigenvalue weighted by Crippen LogP contribution is 2.39. The Kier molecular flexibility index (Phi) is 2.61. The fraction of sp³-hybridized carbons (Fsp3) is 0.889.